The summed E-state index contributed by atoms with van der Waals surface area (Å²) in [5.74, 6) is -0.252. The number of carboxylic acid groups (broad SMARTS) is 1. The summed E-state index contributed by atoms with van der Waals surface area (Å²) in [6.07, 6.45) is 6.57. The predicted octanol–water partition coefficient (Wildman–Crippen LogP) is 2.82. The van der Waals surface area contributed by atoms with E-state index in [9.17, 15) is 4.79 Å². The van der Waals surface area contributed by atoms with Gasteiger partial charge in [0.2, 0.25) is 5.82 Å². The van der Waals surface area contributed by atoms with Gasteiger partial charge in [-0.3, -0.25) is 0 Å². The van der Waals surface area contributed by atoms with Crippen molar-refractivity contribution in [3.8, 4) is 0 Å². The molecule has 0 aromatic carbocycles. The van der Waals surface area contributed by atoms with Crippen molar-refractivity contribution < 1.29 is 9.90 Å². The first-order chi connectivity index (χ1) is 7.61. The van der Waals surface area contributed by atoms with E-state index in [2.05, 4.69) is 4.98 Å². The molecule has 1 fully saturated rings. The summed E-state index contributed by atoms with van der Waals surface area (Å²) >= 11 is 0. The molecule has 0 spiro atoms. The van der Waals surface area contributed by atoms with Crippen LogP contribution in [0.4, 0.5) is 0 Å². The molecule has 4 nitrogen and oxygen atoms in total. The van der Waals surface area contributed by atoms with Gasteiger partial charge in [0, 0.05) is 23.9 Å². The van der Waals surface area contributed by atoms with Crippen molar-refractivity contribution >= 4 is 5.97 Å². The van der Waals surface area contributed by atoms with Crippen molar-refractivity contribution in [3.63, 3.8) is 0 Å². The number of aromatic nitrogens is 2. The minimum atomic E-state index is -0.932. The largest absolute Gasteiger partial charge is 0.475 e. The Hall–Kier alpha value is -1.32. The lowest BCUT2D eigenvalue weighted by Crippen LogP contribution is -2.15. The fraction of sp³-hybridized carbons (Fsp3) is 0.667. The topological polar surface area (TPSA) is 55.1 Å². The highest BCUT2D eigenvalue weighted by Crippen LogP contribution is 2.35. The molecule has 0 saturated heterocycles. The van der Waals surface area contributed by atoms with Gasteiger partial charge in [0.25, 0.3) is 0 Å². The maximum Gasteiger partial charge on any atom is 0.372 e. The summed E-state index contributed by atoms with van der Waals surface area (Å²) in [6, 6.07) is 0.157. The van der Waals surface area contributed by atoms with Gasteiger partial charge in [-0.25, -0.2) is 9.78 Å². The van der Waals surface area contributed by atoms with Crippen LogP contribution in [0.15, 0.2) is 6.20 Å². The van der Waals surface area contributed by atoms with Crippen LogP contribution < -0.4 is 0 Å². The van der Waals surface area contributed by atoms with Crippen LogP contribution >= 0.6 is 0 Å². The second kappa shape index (κ2) is 4.28. The second-order valence-corrected chi connectivity index (χ2v) is 4.76. The van der Waals surface area contributed by atoms with Crippen LogP contribution in [0.5, 0.6) is 0 Å². The molecule has 0 amide bonds. The van der Waals surface area contributed by atoms with Crippen LogP contribution in [0.3, 0.4) is 0 Å². The van der Waals surface area contributed by atoms with Crippen LogP contribution in [0.2, 0.25) is 0 Å². The summed E-state index contributed by atoms with van der Waals surface area (Å²) in [5.41, 5.74) is 1.10. The molecule has 0 atom stereocenters. The van der Waals surface area contributed by atoms with Crippen molar-refractivity contribution in [2.24, 2.45) is 0 Å². The first-order valence-corrected chi connectivity index (χ1v) is 5.91. The molecule has 1 aliphatic rings. The van der Waals surface area contributed by atoms with E-state index >= 15 is 0 Å². The summed E-state index contributed by atoms with van der Waals surface area (Å²) in [4.78, 5) is 15.1. The molecule has 1 aromatic heterocycles. The van der Waals surface area contributed by atoms with E-state index in [0.717, 1.165) is 18.5 Å². The SMILES string of the molecule is CC(C)n1c(C2CCCC2)cnc1C(=O)O. The number of hydrogen-bond donors (Lipinski definition) is 1. The van der Waals surface area contributed by atoms with Gasteiger partial charge in [-0.1, -0.05) is 12.8 Å². The number of rotatable bonds is 3. The maximum atomic E-state index is 11.1. The molecule has 1 aromatic rings. The van der Waals surface area contributed by atoms with Gasteiger partial charge in [-0.15, -0.1) is 0 Å². The molecular formula is C12H18N2O2. The third-order valence-electron chi connectivity index (χ3n) is 3.31. The normalized spacial score (nSPS) is 17.2. The molecule has 0 radical (unpaired) electrons. The standard InChI is InChI=1S/C12H18N2O2/c1-8(2)14-10(9-5-3-4-6-9)7-13-11(14)12(15)16/h7-9H,3-6H2,1-2H3,(H,15,16). The second-order valence-electron chi connectivity index (χ2n) is 4.76. The van der Waals surface area contributed by atoms with E-state index in [-0.39, 0.29) is 11.9 Å². The molecule has 1 aliphatic carbocycles. The van der Waals surface area contributed by atoms with Gasteiger partial charge in [0.1, 0.15) is 0 Å². The zero-order valence-corrected chi connectivity index (χ0v) is 9.81. The van der Waals surface area contributed by atoms with Crippen LogP contribution in [-0.4, -0.2) is 20.6 Å². The highest BCUT2D eigenvalue weighted by Gasteiger charge is 2.25. The van der Waals surface area contributed by atoms with E-state index in [1.54, 1.807) is 6.20 Å². The zero-order chi connectivity index (χ0) is 11.7. The van der Waals surface area contributed by atoms with Crippen molar-refractivity contribution in [1.29, 1.82) is 0 Å². The quantitative estimate of drug-likeness (QED) is 0.855. The fourth-order valence-corrected chi connectivity index (χ4v) is 2.60. The monoisotopic (exact) mass is 222 g/mol. The molecule has 0 aliphatic heterocycles. The Morgan fingerprint density at radius 2 is 2.12 bits per heavy atom. The highest BCUT2D eigenvalue weighted by molar-refractivity contribution is 5.83. The molecule has 1 heterocycles. The van der Waals surface area contributed by atoms with Crippen LogP contribution in [-0.2, 0) is 0 Å². The molecule has 1 N–H and O–H groups in total. The number of hydrogen-bond acceptors (Lipinski definition) is 2. The summed E-state index contributed by atoms with van der Waals surface area (Å²) < 4.78 is 1.87. The average Bonchev–Trinajstić information content (AvgIpc) is 2.85. The summed E-state index contributed by atoms with van der Waals surface area (Å²) in [6.45, 7) is 4.01. The van der Waals surface area contributed by atoms with E-state index in [0.29, 0.717) is 5.92 Å². The summed E-state index contributed by atoms with van der Waals surface area (Å²) in [5, 5.41) is 9.09. The maximum absolute atomic E-state index is 11.1. The Balaban J connectivity index is 2.40. The third-order valence-corrected chi connectivity index (χ3v) is 3.31. The van der Waals surface area contributed by atoms with Gasteiger partial charge in [0.15, 0.2) is 0 Å². The van der Waals surface area contributed by atoms with Gasteiger partial charge in [0.05, 0.1) is 0 Å². The Bertz CT molecular complexity index is 390. The average molecular weight is 222 g/mol. The predicted molar refractivity (Wildman–Crippen MR) is 60.8 cm³/mol. The lowest BCUT2D eigenvalue weighted by molar-refractivity contribution is 0.0675. The van der Waals surface area contributed by atoms with Gasteiger partial charge in [-0.2, -0.15) is 0 Å². The first-order valence-electron chi connectivity index (χ1n) is 5.91. The number of imidazole rings is 1. The molecule has 4 heteroatoms. The molecule has 2 rings (SSSR count). The number of carbonyl (C=O) groups is 1. The minimum absolute atomic E-state index is 0.157. The molecular weight excluding hydrogens is 204 g/mol. The molecule has 16 heavy (non-hydrogen) atoms. The van der Waals surface area contributed by atoms with Gasteiger partial charge < -0.3 is 9.67 Å². The Labute approximate surface area is 95.3 Å². The van der Waals surface area contributed by atoms with Crippen molar-refractivity contribution in [1.82, 2.24) is 9.55 Å². The van der Waals surface area contributed by atoms with Gasteiger partial charge in [-0.05, 0) is 26.7 Å². The zero-order valence-electron chi connectivity index (χ0n) is 9.81. The Morgan fingerprint density at radius 3 is 2.62 bits per heavy atom. The lowest BCUT2D eigenvalue weighted by Gasteiger charge is -2.17. The third kappa shape index (κ3) is 1.84. The van der Waals surface area contributed by atoms with Crippen LogP contribution in [0.1, 0.15) is 67.8 Å². The van der Waals surface area contributed by atoms with E-state index in [1.807, 2.05) is 18.4 Å². The van der Waals surface area contributed by atoms with Crippen molar-refractivity contribution in [2.45, 2.75) is 51.5 Å². The molecule has 0 bridgehead atoms. The van der Waals surface area contributed by atoms with E-state index < -0.39 is 5.97 Å². The van der Waals surface area contributed by atoms with Crippen LogP contribution in [0.25, 0.3) is 0 Å². The smallest absolute Gasteiger partial charge is 0.372 e. The van der Waals surface area contributed by atoms with Crippen molar-refractivity contribution in [3.05, 3.63) is 17.7 Å². The number of nitrogens with zero attached hydrogens (tertiary/aromatic N) is 2. The van der Waals surface area contributed by atoms with Crippen LogP contribution in [0, 0.1) is 0 Å². The fourth-order valence-electron chi connectivity index (χ4n) is 2.60. The number of aromatic carboxylic acids is 1. The lowest BCUT2D eigenvalue weighted by atomic mass is 10.0. The van der Waals surface area contributed by atoms with Gasteiger partial charge >= 0.3 is 5.97 Å². The van der Waals surface area contributed by atoms with E-state index in [4.69, 9.17) is 5.11 Å². The Morgan fingerprint density at radius 1 is 1.50 bits per heavy atom. The molecule has 1 saturated carbocycles. The molecule has 88 valence electrons. The minimum Gasteiger partial charge on any atom is -0.475 e. The number of carboxylic acids is 1. The van der Waals surface area contributed by atoms with Crippen molar-refractivity contribution in [2.75, 3.05) is 0 Å². The highest BCUT2D eigenvalue weighted by atomic mass is 16.4. The van der Waals surface area contributed by atoms with E-state index in [1.165, 1.54) is 12.8 Å². The molecule has 0 unspecified atom stereocenters. The first kappa shape index (κ1) is 11.2. The summed E-state index contributed by atoms with van der Waals surface area (Å²) in [7, 11) is 0. The Kier molecular flexibility index (Phi) is 2.99.